The van der Waals surface area contributed by atoms with Crippen molar-refractivity contribution in [3.63, 3.8) is 0 Å². The van der Waals surface area contributed by atoms with E-state index in [1.54, 1.807) is 0 Å². The average molecular weight is 255 g/mol. The molecular weight excluding hydrogens is 230 g/mol. The van der Waals surface area contributed by atoms with Gasteiger partial charge in [0.2, 0.25) is 0 Å². The molecule has 0 spiro atoms. The number of hydrogen-bond donors (Lipinski definition) is 1. The zero-order valence-corrected chi connectivity index (χ0v) is 11.9. The van der Waals surface area contributed by atoms with Crippen molar-refractivity contribution >= 4 is 6.09 Å². The van der Waals surface area contributed by atoms with Crippen molar-refractivity contribution in [1.29, 1.82) is 0 Å². The topological polar surface area (TPSA) is 49.8 Å². The van der Waals surface area contributed by atoms with Crippen LogP contribution < -0.4 is 0 Å². The zero-order valence-electron chi connectivity index (χ0n) is 11.9. The Labute approximate surface area is 109 Å². The van der Waals surface area contributed by atoms with Crippen molar-refractivity contribution in [1.82, 2.24) is 4.90 Å². The quantitative estimate of drug-likeness (QED) is 0.723. The summed E-state index contributed by atoms with van der Waals surface area (Å²) in [6.45, 7) is 8.36. The highest BCUT2D eigenvalue weighted by molar-refractivity contribution is 5.69. The monoisotopic (exact) mass is 255 g/mol. The van der Waals surface area contributed by atoms with Crippen molar-refractivity contribution < 1.29 is 14.6 Å². The number of carbonyl (C=O) groups excluding carboxylic acids is 1. The number of aliphatic hydroxyl groups is 1. The fourth-order valence-corrected chi connectivity index (χ4v) is 3.45. The van der Waals surface area contributed by atoms with E-state index in [0.29, 0.717) is 13.0 Å². The Morgan fingerprint density at radius 1 is 1.39 bits per heavy atom. The highest BCUT2D eigenvalue weighted by atomic mass is 16.6. The number of nitrogens with zero attached hydrogens (tertiary/aromatic N) is 1. The second kappa shape index (κ2) is 4.41. The molecule has 1 heterocycles. The van der Waals surface area contributed by atoms with Gasteiger partial charge in [-0.1, -0.05) is 6.42 Å². The van der Waals surface area contributed by atoms with Crippen LogP contribution in [-0.2, 0) is 4.74 Å². The lowest BCUT2D eigenvalue weighted by atomic mass is 9.79. The predicted octanol–water partition coefficient (Wildman–Crippen LogP) is 2.55. The molecule has 104 valence electrons. The number of ether oxygens (including phenoxy) is 1. The van der Waals surface area contributed by atoms with E-state index in [0.717, 1.165) is 19.3 Å². The molecular formula is C14H25NO3. The van der Waals surface area contributed by atoms with Gasteiger partial charge in [-0.3, -0.25) is 0 Å². The minimum Gasteiger partial charge on any atom is -0.444 e. The average Bonchev–Trinajstić information content (AvgIpc) is 2.58. The molecule has 1 amide bonds. The predicted molar refractivity (Wildman–Crippen MR) is 69.3 cm³/mol. The third kappa shape index (κ3) is 2.35. The van der Waals surface area contributed by atoms with Crippen molar-refractivity contribution in [2.45, 2.75) is 70.6 Å². The van der Waals surface area contributed by atoms with Crippen LogP contribution in [0.2, 0.25) is 0 Å². The van der Waals surface area contributed by atoms with Crippen molar-refractivity contribution in [3.8, 4) is 0 Å². The first-order chi connectivity index (χ1) is 8.24. The summed E-state index contributed by atoms with van der Waals surface area (Å²) in [7, 11) is 0. The van der Waals surface area contributed by atoms with E-state index in [4.69, 9.17) is 4.74 Å². The van der Waals surface area contributed by atoms with Gasteiger partial charge in [0, 0.05) is 18.0 Å². The van der Waals surface area contributed by atoms with E-state index in [1.807, 2.05) is 25.7 Å². The maximum atomic E-state index is 12.3. The van der Waals surface area contributed by atoms with E-state index in [1.165, 1.54) is 0 Å². The first-order valence-electron chi connectivity index (χ1n) is 6.93. The summed E-state index contributed by atoms with van der Waals surface area (Å²) in [4.78, 5) is 14.1. The maximum absolute atomic E-state index is 12.3. The molecule has 1 N–H and O–H groups in total. The summed E-state index contributed by atoms with van der Waals surface area (Å²) in [5.74, 6) is 0.207. The first kappa shape index (κ1) is 13.7. The van der Waals surface area contributed by atoms with Gasteiger partial charge in [0.25, 0.3) is 0 Å². The molecule has 0 bridgehead atoms. The van der Waals surface area contributed by atoms with E-state index in [-0.39, 0.29) is 23.7 Å². The second-order valence-corrected chi connectivity index (χ2v) is 6.84. The van der Waals surface area contributed by atoms with Crippen molar-refractivity contribution in [2.75, 3.05) is 6.54 Å². The molecule has 0 radical (unpaired) electrons. The SMILES string of the molecule is CC(C)(C)OC(=O)N1CC[C@H](O)[C@@H]2CCC[C@@]21C. The van der Waals surface area contributed by atoms with Crippen LogP contribution in [0.4, 0.5) is 4.79 Å². The van der Waals surface area contributed by atoms with E-state index < -0.39 is 5.60 Å². The highest BCUT2D eigenvalue weighted by Crippen LogP contribution is 2.46. The van der Waals surface area contributed by atoms with Crippen molar-refractivity contribution in [2.24, 2.45) is 5.92 Å². The van der Waals surface area contributed by atoms with Gasteiger partial charge in [-0.05, 0) is 47.0 Å². The first-order valence-corrected chi connectivity index (χ1v) is 6.93. The molecule has 4 nitrogen and oxygen atoms in total. The number of piperidine rings is 1. The lowest BCUT2D eigenvalue weighted by Gasteiger charge is -2.48. The maximum Gasteiger partial charge on any atom is 0.410 e. The minimum atomic E-state index is -0.461. The summed E-state index contributed by atoms with van der Waals surface area (Å²) in [5.41, 5.74) is -0.683. The largest absolute Gasteiger partial charge is 0.444 e. The van der Waals surface area contributed by atoms with E-state index in [9.17, 15) is 9.90 Å². The standard InChI is InChI=1S/C14H25NO3/c1-13(2,3)18-12(17)15-9-7-11(16)10-6-5-8-14(10,15)4/h10-11,16H,5-9H2,1-4H3/t10-,11-,14-/m0/s1. The Kier molecular flexibility index (Phi) is 3.34. The molecule has 2 rings (SSSR count). The zero-order chi connectivity index (χ0) is 13.6. The third-order valence-corrected chi connectivity index (χ3v) is 4.34. The van der Waals surface area contributed by atoms with Crippen LogP contribution in [0.3, 0.4) is 0 Å². The number of hydrogen-bond acceptors (Lipinski definition) is 3. The Bertz CT molecular complexity index is 336. The number of likely N-dealkylation sites (tertiary alicyclic amines) is 1. The smallest absolute Gasteiger partial charge is 0.410 e. The number of aliphatic hydroxyl groups excluding tert-OH is 1. The van der Waals surface area contributed by atoms with Gasteiger partial charge < -0.3 is 14.7 Å². The van der Waals surface area contributed by atoms with E-state index >= 15 is 0 Å². The third-order valence-electron chi connectivity index (χ3n) is 4.34. The Morgan fingerprint density at radius 3 is 2.67 bits per heavy atom. The molecule has 4 heteroatoms. The second-order valence-electron chi connectivity index (χ2n) is 6.84. The van der Waals surface area contributed by atoms with Crippen LogP contribution in [0.1, 0.15) is 53.4 Å². The fourth-order valence-electron chi connectivity index (χ4n) is 3.45. The Balaban J connectivity index is 2.15. The van der Waals surface area contributed by atoms with Crippen LogP contribution in [0.15, 0.2) is 0 Å². The van der Waals surface area contributed by atoms with Gasteiger partial charge in [0.15, 0.2) is 0 Å². The number of rotatable bonds is 0. The van der Waals surface area contributed by atoms with E-state index in [2.05, 4.69) is 6.92 Å². The van der Waals surface area contributed by atoms with Crippen LogP contribution in [-0.4, -0.2) is 39.9 Å². The summed E-state index contributed by atoms with van der Waals surface area (Å²) in [6.07, 6.45) is 3.22. The molecule has 0 aromatic heterocycles. The van der Waals surface area contributed by atoms with Gasteiger partial charge in [-0.15, -0.1) is 0 Å². The van der Waals surface area contributed by atoms with Gasteiger partial charge in [0.1, 0.15) is 5.60 Å². The van der Waals surface area contributed by atoms with Crippen LogP contribution >= 0.6 is 0 Å². The normalized spacial score (nSPS) is 36.4. The molecule has 0 aromatic rings. The summed E-state index contributed by atoms with van der Waals surface area (Å²) in [6, 6.07) is 0. The molecule has 3 atom stereocenters. The Morgan fingerprint density at radius 2 is 2.06 bits per heavy atom. The molecule has 1 aliphatic carbocycles. The molecule has 1 aliphatic heterocycles. The van der Waals surface area contributed by atoms with Crippen LogP contribution in [0, 0.1) is 5.92 Å². The van der Waals surface area contributed by atoms with Crippen LogP contribution in [0.5, 0.6) is 0 Å². The highest BCUT2D eigenvalue weighted by Gasteiger charge is 2.52. The molecule has 18 heavy (non-hydrogen) atoms. The number of fused-ring (bicyclic) bond motifs is 1. The minimum absolute atomic E-state index is 0.207. The molecule has 0 unspecified atom stereocenters. The summed E-state index contributed by atoms with van der Waals surface area (Å²) < 4.78 is 5.49. The van der Waals surface area contributed by atoms with Gasteiger partial charge >= 0.3 is 6.09 Å². The van der Waals surface area contributed by atoms with Gasteiger partial charge in [0.05, 0.1) is 6.10 Å². The molecule has 2 fully saturated rings. The van der Waals surface area contributed by atoms with Gasteiger partial charge in [-0.2, -0.15) is 0 Å². The summed E-state index contributed by atoms with van der Waals surface area (Å²) >= 11 is 0. The fraction of sp³-hybridized carbons (Fsp3) is 0.929. The number of carbonyl (C=O) groups is 1. The number of amides is 1. The lowest BCUT2D eigenvalue weighted by Crippen LogP contribution is -2.60. The molecule has 0 aromatic carbocycles. The molecule has 1 saturated carbocycles. The van der Waals surface area contributed by atoms with Gasteiger partial charge in [-0.25, -0.2) is 4.79 Å². The Hall–Kier alpha value is -0.770. The summed E-state index contributed by atoms with van der Waals surface area (Å²) in [5, 5.41) is 10.1. The van der Waals surface area contributed by atoms with Crippen molar-refractivity contribution in [3.05, 3.63) is 0 Å². The molecule has 2 aliphatic rings. The molecule has 1 saturated heterocycles. The van der Waals surface area contributed by atoms with Crippen LogP contribution in [0.25, 0.3) is 0 Å². The lowest BCUT2D eigenvalue weighted by molar-refractivity contribution is -0.0625.